The molecule has 0 amide bonds. The quantitative estimate of drug-likeness (QED) is 0.696. The predicted octanol–water partition coefficient (Wildman–Crippen LogP) is 0.144. The molecule has 6 heteroatoms. The lowest BCUT2D eigenvalue weighted by atomic mass is 10.4. The zero-order chi connectivity index (χ0) is 10.6. The van der Waals surface area contributed by atoms with Gasteiger partial charge in [-0.1, -0.05) is 0 Å². The maximum Gasteiger partial charge on any atom is 0.338 e. The number of carbonyl (C=O) groups is 2. The maximum atomic E-state index is 11.0. The average molecular weight is 198 g/mol. The minimum atomic E-state index is -1.07. The first kappa shape index (κ1) is 10.2. The molecule has 76 valence electrons. The summed E-state index contributed by atoms with van der Waals surface area (Å²) < 4.78 is 5.89. The molecule has 0 fully saturated rings. The molecule has 0 atom stereocenters. The predicted molar refractivity (Wildman–Crippen MR) is 45.8 cm³/mol. The molecule has 0 aliphatic rings. The molecule has 0 aliphatic heterocycles. The van der Waals surface area contributed by atoms with Crippen molar-refractivity contribution in [2.24, 2.45) is 0 Å². The number of rotatable bonds is 4. The van der Waals surface area contributed by atoms with E-state index >= 15 is 0 Å². The van der Waals surface area contributed by atoms with E-state index in [4.69, 9.17) is 5.11 Å². The first-order valence-electron chi connectivity index (χ1n) is 4.05. The molecule has 1 N–H and O–H groups in total. The van der Waals surface area contributed by atoms with Crippen LogP contribution in [0.4, 0.5) is 0 Å². The molecule has 1 heterocycles. The van der Waals surface area contributed by atoms with Crippen LogP contribution in [0.15, 0.2) is 12.4 Å². The van der Waals surface area contributed by atoms with E-state index in [0.29, 0.717) is 6.61 Å². The van der Waals surface area contributed by atoms with E-state index < -0.39 is 11.9 Å². The van der Waals surface area contributed by atoms with E-state index in [1.165, 1.54) is 17.1 Å². The Morgan fingerprint density at radius 3 is 2.86 bits per heavy atom. The van der Waals surface area contributed by atoms with E-state index in [9.17, 15) is 9.59 Å². The number of nitrogens with zero attached hydrogens (tertiary/aromatic N) is 2. The minimum Gasteiger partial charge on any atom is -0.478 e. The molecule has 14 heavy (non-hydrogen) atoms. The smallest absolute Gasteiger partial charge is 0.338 e. The Hall–Kier alpha value is -1.85. The molecule has 0 aliphatic carbocycles. The molecule has 1 aromatic rings. The van der Waals surface area contributed by atoms with Crippen LogP contribution in [0.2, 0.25) is 0 Å². The van der Waals surface area contributed by atoms with E-state index in [0.717, 1.165) is 0 Å². The maximum absolute atomic E-state index is 11.0. The number of esters is 1. The molecule has 0 spiro atoms. The Morgan fingerprint density at radius 2 is 2.36 bits per heavy atom. The summed E-state index contributed by atoms with van der Waals surface area (Å²) in [4.78, 5) is 21.4. The van der Waals surface area contributed by atoms with Gasteiger partial charge in [0.2, 0.25) is 0 Å². The number of ether oxygens (including phenoxy) is 1. The first-order valence-corrected chi connectivity index (χ1v) is 4.05. The number of hydrogen-bond acceptors (Lipinski definition) is 4. The van der Waals surface area contributed by atoms with Gasteiger partial charge in [-0.3, -0.25) is 9.48 Å². The van der Waals surface area contributed by atoms with E-state index in [-0.39, 0.29) is 12.1 Å². The highest BCUT2D eigenvalue weighted by Gasteiger charge is 2.08. The van der Waals surface area contributed by atoms with Gasteiger partial charge in [0, 0.05) is 6.20 Å². The van der Waals surface area contributed by atoms with Crippen molar-refractivity contribution in [2.45, 2.75) is 13.5 Å². The minimum absolute atomic E-state index is 0.0503. The van der Waals surface area contributed by atoms with Crippen molar-refractivity contribution in [2.75, 3.05) is 6.61 Å². The molecule has 0 saturated heterocycles. The summed E-state index contributed by atoms with van der Waals surface area (Å²) in [6.45, 7) is 1.93. The van der Waals surface area contributed by atoms with Crippen LogP contribution >= 0.6 is 0 Å². The lowest BCUT2D eigenvalue weighted by Gasteiger charge is -2.00. The fraction of sp³-hybridized carbons (Fsp3) is 0.375. The molecule has 0 bridgehead atoms. The van der Waals surface area contributed by atoms with Crippen LogP contribution in [-0.2, 0) is 16.1 Å². The molecular formula is C8H10N2O4. The number of carboxylic acids is 1. The van der Waals surface area contributed by atoms with Crippen molar-refractivity contribution in [1.82, 2.24) is 9.78 Å². The largest absolute Gasteiger partial charge is 0.478 e. The molecule has 1 rings (SSSR count). The van der Waals surface area contributed by atoms with Gasteiger partial charge in [0.15, 0.2) is 0 Å². The SMILES string of the molecule is CCOC(=O)Cn1cc(C(=O)O)cn1. The van der Waals surface area contributed by atoms with Crippen LogP contribution in [0.5, 0.6) is 0 Å². The van der Waals surface area contributed by atoms with Crippen LogP contribution in [0, 0.1) is 0 Å². The molecule has 0 unspecified atom stereocenters. The Morgan fingerprint density at radius 1 is 1.64 bits per heavy atom. The second kappa shape index (κ2) is 4.40. The van der Waals surface area contributed by atoms with Crippen LogP contribution in [0.3, 0.4) is 0 Å². The van der Waals surface area contributed by atoms with Gasteiger partial charge < -0.3 is 9.84 Å². The third-order valence-corrected chi connectivity index (χ3v) is 1.48. The van der Waals surface area contributed by atoms with Crippen molar-refractivity contribution in [3.8, 4) is 0 Å². The Balaban J connectivity index is 2.59. The van der Waals surface area contributed by atoms with Gasteiger partial charge in [-0.15, -0.1) is 0 Å². The highest BCUT2D eigenvalue weighted by molar-refractivity contribution is 5.86. The first-order chi connectivity index (χ1) is 6.63. The fourth-order valence-corrected chi connectivity index (χ4v) is 0.899. The summed E-state index contributed by atoms with van der Waals surface area (Å²) in [5, 5.41) is 12.3. The third kappa shape index (κ3) is 2.58. The highest BCUT2D eigenvalue weighted by Crippen LogP contribution is 1.97. The number of aromatic carboxylic acids is 1. The van der Waals surface area contributed by atoms with Crippen molar-refractivity contribution in [3.63, 3.8) is 0 Å². The summed E-state index contributed by atoms with van der Waals surface area (Å²) in [5.41, 5.74) is 0.0503. The monoisotopic (exact) mass is 198 g/mol. The summed E-state index contributed by atoms with van der Waals surface area (Å²) in [6.07, 6.45) is 2.46. The number of aromatic nitrogens is 2. The Kier molecular flexibility index (Phi) is 3.22. The molecule has 0 saturated carbocycles. The van der Waals surface area contributed by atoms with Gasteiger partial charge in [-0.25, -0.2) is 4.79 Å². The summed E-state index contributed by atoms with van der Waals surface area (Å²) in [7, 11) is 0. The number of carboxylic acid groups (broad SMARTS) is 1. The lowest BCUT2D eigenvalue weighted by Crippen LogP contribution is -2.13. The fourth-order valence-electron chi connectivity index (χ4n) is 0.899. The van der Waals surface area contributed by atoms with Crippen LogP contribution < -0.4 is 0 Å². The van der Waals surface area contributed by atoms with Gasteiger partial charge in [0.05, 0.1) is 18.4 Å². The molecule has 6 nitrogen and oxygen atoms in total. The van der Waals surface area contributed by atoms with Crippen molar-refractivity contribution >= 4 is 11.9 Å². The molecule has 1 aromatic heterocycles. The van der Waals surface area contributed by atoms with Gasteiger partial charge in [-0.2, -0.15) is 5.10 Å². The second-order valence-corrected chi connectivity index (χ2v) is 2.54. The standard InChI is InChI=1S/C8H10N2O4/c1-2-14-7(11)5-10-4-6(3-9-10)8(12)13/h3-4H,2,5H2,1H3,(H,12,13). The van der Waals surface area contributed by atoms with Gasteiger partial charge in [0.1, 0.15) is 6.54 Å². The van der Waals surface area contributed by atoms with E-state index in [2.05, 4.69) is 9.84 Å². The normalized spacial score (nSPS) is 9.79. The van der Waals surface area contributed by atoms with Crippen LogP contribution in [0.1, 0.15) is 17.3 Å². The zero-order valence-corrected chi connectivity index (χ0v) is 7.64. The van der Waals surface area contributed by atoms with Crippen LogP contribution in [0.25, 0.3) is 0 Å². The van der Waals surface area contributed by atoms with Gasteiger partial charge >= 0.3 is 11.9 Å². The third-order valence-electron chi connectivity index (χ3n) is 1.48. The van der Waals surface area contributed by atoms with E-state index in [1.807, 2.05) is 0 Å². The number of carbonyl (C=O) groups excluding carboxylic acids is 1. The summed E-state index contributed by atoms with van der Waals surface area (Å²) >= 11 is 0. The van der Waals surface area contributed by atoms with Gasteiger partial charge in [0.25, 0.3) is 0 Å². The lowest BCUT2D eigenvalue weighted by molar-refractivity contribution is -0.144. The van der Waals surface area contributed by atoms with Gasteiger partial charge in [-0.05, 0) is 6.92 Å². The second-order valence-electron chi connectivity index (χ2n) is 2.54. The Bertz CT molecular complexity index is 345. The van der Waals surface area contributed by atoms with Crippen molar-refractivity contribution < 1.29 is 19.4 Å². The molecular weight excluding hydrogens is 188 g/mol. The molecule has 0 aromatic carbocycles. The zero-order valence-electron chi connectivity index (χ0n) is 7.64. The van der Waals surface area contributed by atoms with Crippen molar-refractivity contribution in [3.05, 3.63) is 18.0 Å². The summed E-state index contributed by atoms with van der Waals surface area (Å²) in [5.74, 6) is -1.51. The average Bonchev–Trinajstić information content (AvgIpc) is 2.53. The number of hydrogen-bond donors (Lipinski definition) is 1. The Labute approximate surface area is 80.1 Å². The topological polar surface area (TPSA) is 81.4 Å². The van der Waals surface area contributed by atoms with E-state index in [1.54, 1.807) is 6.92 Å². The summed E-state index contributed by atoms with van der Waals surface area (Å²) in [6, 6.07) is 0. The highest BCUT2D eigenvalue weighted by atomic mass is 16.5. The van der Waals surface area contributed by atoms with Crippen molar-refractivity contribution in [1.29, 1.82) is 0 Å². The van der Waals surface area contributed by atoms with Crippen LogP contribution in [-0.4, -0.2) is 33.4 Å². The molecule has 0 radical (unpaired) electrons.